The first-order chi connectivity index (χ1) is 9.58. The van der Waals surface area contributed by atoms with E-state index >= 15 is 0 Å². The van der Waals surface area contributed by atoms with Gasteiger partial charge in [-0.25, -0.2) is 0 Å². The van der Waals surface area contributed by atoms with Crippen molar-refractivity contribution >= 4 is 17.5 Å². The molecule has 0 radical (unpaired) electrons. The molecule has 1 fully saturated rings. The zero-order valence-electron chi connectivity index (χ0n) is 12.4. The van der Waals surface area contributed by atoms with E-state index in [2.05, 4.69) is 34.1 Å². The number of nitrogens with zero attached hydrogens (tertiary/aromatic N) is 3. The van der Waals surface area contributed by atoms with Crippen LogP contribution in [0.3, 0.4) is 0 Å². The monoisotopic (exact) mass is 298 g/mol. The largest absolute Gasteiger partial charge is 0.463 e. The molecule has 1 aliphatic rings. The molecule has 1 saturated carbocycles. The lowest BCUT2D eigenvalue weighted by molar-refractivity contribution is 0.259. The Kier molecular flexibility index (Phi) is 5.40. The molecule has 6 heteroatoms. The summed E-state index contributed by atoms with van der Waals surface area (Å²) in [4.78, 5) is 12.4. The van der Waals surface area contributed by atoms with E-state index in [0.29, 0.717) is 24.6 Å². The van der Waals surface area contributed by atoms with Crippen LogP contribution in [-0.2, 0) is 0 Å². The highest BCUT2D eigenvalue weighted by atomic mass is 35.5. The van der Waals surface area contributed by atoms with Crippen molar-refractivity contribution in [3.63, 3.8) is 0 Å². The van der Waals surface area contributed by atoms with Gasteiger partial charge in [-0.2, -0.15) is 15.0 Å². The van der Waals surface area contributed by atoms with Crippen LogP contribution >= 0.6 is 11.6 Å². The second kappa shape index (κ2) is 7.07. The number of anilines is 1. The SMILES string of the molecule is CCCOc1nc(Cl)nc(NC2CCC(C)C(C)C2)n1. The smallest absolute Gasteiger partial charge is 0.322 e. The summed E-state index contributed by atoms with van der Waals surface area (Å²) in [5.41, 5.74) is 0. The fraction of sp³-hybridized carbons (Fsp3) is 0.786. The van der Waals surface area contributed by atoms with Crippen molar-refractivity contribution in [3.8, 4) is 6.01 Å². The molecule has 0 aliphatic heterocycles. The van der Waals surface area contributed by atoms with Crippen LogP contribution in [0.1, 0.15) is 46.5 Å². The molecule has 2 rings (SSSR count). The third kappa shape index (κ3) is 4.20. The molecule has 3 atom stereocenters. The standard InChI is InChI=1S/C14H23ClN4O/c1-4-7-20-14-18-12(15)17-13(19-14)16-11-6-5-9(2)10(3)8-11/h9-11H,4-8H2,1-3H3,(H,16,17,18,19). The van der Waals surface area contributed by atoms with Crippen LogP contribution in [0.2, 0.25) is 5.28 Å². The van der Waals surface area contributed by atoms with Crippen molar-refractivity contribution in [1.82, 2.24) is 15.0 Å². The van der Waals surface area contributed by atoms with E-state index in [1.807, 2.05) is 6.92 Å². The van der Waals surface area contributed by atoms with Gasteiger partial charge in [-0.1, -0.05) is 20.8 Å². The Morgan fingerprint density at radius 2 is 2.00 bits per heavy atom. The summed E-state index contributed by atoms with van der Waals surface area (Å²) in [7, 11) is 0. The first-order valence-corrected chi connectivity index (χ1v) is 7.77. The quantitative estimate of drug-likeness (QED) is 0.901. The summed E-state index contributed by atoms with van der Waals surface area (Å²) in [6.07, 6.45) is 4.41. The normalized spacial score (nSPS) is 26.3. The van der Waals surface area contributed by atoms with Gasteiger partial charge in [0, 0.05) is 6.04 Å². The molecule has 0 saturated heterocycles. The maximum absolute atomic E-state index is 5.92. The Hall–Kier alpha value is -1.10. The second-order valence-corrected chi connectivity index (χ2v) is 6.01. The fourth-order valence-electron chi connectivity index (χ4n) is 2.52. The number of nitrogens with one attached hydrogen (secondary N) is 1. The molecule has 112 valence electrons. The van der Waals surface area contributed by atoms with E-state index in [-0.39, 0.29) is 5.28 Å². The summed E-state index contributed by atoms with van der Waals surface area (Å²) in [5.74, 6) is 2.02. The van der Waals surface area contributed by atoms with Crippen molar-refractivity contribution in [3.05, 3.63) is 5.28 Å². The number of hydrogen-bond acceptors (Lipinski definition) is 5. The number of rotatable bonds is 5. The Morgan fingerprint density at radius 1 is 1.20 bits per heavy atom. The average molecular weight is 299 g/mol. The zero-order chi connectivity index (χ0) is 14.5. The molecule has 3 unspecified atom stereocenters. The average Bonchev–Trinajstić information content (AvgIpc) is 2.40. The van der Waals surface area contributed by atoms with Crippen molar-refractivity contribution < 1.29 is 4.74 Å². The summed E-state index contributed by atoms with van der Waals surface area (Å²) in [5, 5.41) is 3.53. The molecule has 1 aliphatic carbocycles. The minimum atomic E-state index is 0.172. The molecule has 5 nitrogen and oxygen atoms in total. The van der Waals surface area contributed by atoms with Gasteiger partial charge < -0.3 is 10.1 Å². The highest BCUT2D eigenvalue weighted by Gasteiger charge is 2.25. The van der Waals surface area contributed by atoms with E-state index in [1.165, 1.54) is 6.42 Å². The van der Waals surface area contributed by atoms with Crippen molar-refractivity contribution in [2.45, 2.75) is 52.5 Å². The van der Waals surface area contributed by atoms with E-state index in [1.54, 1.807) is 0 Å². The van der Waals surface area contributed by atoms with Gasteiger partial charge in [0.15, 0.2) is 0 Å². The van der Waals surface area contributed by atoms with Gasteiger partial charge in [0.1, 0.15) is 0 Å². The third-order valence-corrected chi connectivity index (χ3v) is 4.12. The van der Waals surface area contributed by atoms with E-state index in [0.717, 1.165) is 31.1 Å². The van der Waals surface area contributed by atoms with Gasteiger partial charge in [0.05, 0.1) is 6.61 Å². The van der Waals surface area contributed by atoms with Crippen LogP contribution < -0.4 is 10.1 Å². The third-order valence-electron chi connectivity index (χ3n) is 3.95. The van der Waals surface area contributed by atoms with Gasteiger partial charge in [0.25, 0.3) is 0 Å². The van der Waals surface area contributed by atoms with Crippen LogP contribution in [0.5, 0.6) is 6.01 Å². The topological polar surface area (TPSA) is 59.9 Å². The lowest BCUT2D eigenvalue weighted by atomic mass is 9.79. The number of hydrogen-bond donors (Lipinski definition) is 1. The lowest BCUT2D eigenvalue weighted by Gasteiger charge is -2.32. The lowest BCUT2D eigenvalue weighted by Crippen LogP contribution is -2.31. The minimum absolute atomic E-state index is 0.172. The molecule has 0 aromatic carbocycles. The molecule has 0 spiro atoms. The first-order valence-electron chi connectivity index (χ1n) is 7.39. The first kappa shape index (κ1) is 15.3. The maximum Gasteiger partial charge on any atom is 0.322 e. The van der Waals surface area contributed by atoms with Crippen molar-refractivity contribution in [1.29, 1.82) is 0 Å². The predicted octanol–water partition coefficient (Wildman–Crippen LogP) is 3.55. The van der Waals surface area contributed by atoms with Crippen LogP contribution in [0, 0.1) is 11.8 Å². The highest BCUT2D eigenvalue weighted by molar-refractivity contribution is 6.28. The Bertz CT molecular complexity index is 443. The molecule has 1 aromatic rings. The summed E-state index contributed by atoms with van der Waals surface area (Å²) in [6, 6.07) is 0.699. The highest BCUT2D eigenvalue weighted by Crippen LogP contribution is 2.30. The molecule has 1 heterocycles. The number of aromatic nitrogens is 3. The molecule has 1 aromatic heterocycles. The summed E-state index contributed by atoms with van der Waals surface area (Å²) >= 11 is 5.92. The predicted molar refractivity (Wildman–Crippen MR) is 80.2 cm³/mol. The van der Waals surface area contributed by atoms with Crippen LogP contribution in [0.15, 0.2) is 0 Å². The van der Waals surface area contributed by atoms with E-state index in [9.17, 15) is 0 Å². The van der Waals surface area contributed by atoms with Gasteiger partial charge >= 0.3 is 6.01 Å². The number of halogens is 1. The van der Waals surface area contributed by atoms with Gasteiger partial charge in [-0.15, -0.1) is 0 Å². The number of ether oxygens (including phenoxy) is 1. The van der Waals surface area contributed by atoms with Gasteiger partial charge in [0.2, 0.25) is 11.2 Å². The minimum Gasteiger partial charge on any atom is -0.463 e. The van der Waals surface area contributed by atoms with Crippen molar-refractivity contribution in [2.24, 2.45) is 11.8 Å². The molecule has 1 N–H and O–H groups in total. The van der Waals surface area contributed by atoms with E-state index < -0.39 is 0 Å². The summed E-state index contributed by atoms with van der Waals surface area (Å²) in [6.45, 7) is 7.23. The maximum atomic E-state index is 5.92. The fourth-order valence-corrected chi connectivity index (χ4v) is 2.67. The van der Waals surface area contributed by atoms with Crippen LogP contribution in [0.4, 0.5) is 5.95 Å². The Labute approximate surface area is 125 Å². The zero-order valence-corrected chi connectivity index (χ0v) is 13.2. The van der Waals surface area contributed by atoms with Gasteiger partial charge in [-0.3, -0.25) is 0 Å². The van der Waals surface area contributed by atoms with Gasteiger partial charge in [-0.05, 0) is 49.1 Å². The molecule has 20 heavy (non-hydrogen) atoms. The van der Waals surface area contributed by atoms with Crippen molar-refractivity contribution in [2.75, 3.05) is 11.9 Å². The summed E-state index contributed by atoms with van der Waals surface area (Å²) < 4.78 is 5.42. The molecular weight excluding hydrogens is 276 g/mol. The van der Waals surface area contributed by atoms with Crippen LogP contribution in [0.25, 0.3) is 0 Å². The molecule has 0 amide bonds. The van der Waals surface area contributed by atoms with Crippen LogP contribution in [-0.4, -0.2) is 27.6 Å². The molecule has 0 bridgehead atoms. The second-order valence-electron chi connectivity index (χ2n) is 5.67. The Balaban J connectivity index is 1.99. The van der Waals surface area contributed by atoms with E-state index in [4.69, 9.17) is 16.3 Å². The Morgan fingerprint density at radius 3 is 2.70 bits per heavy atom. The molecular formula is C14H23ClN4O.